The second kappa shape index (κ2) is 17.7. The van der Waals surface area contributed by atoms with Gasteiger partial charge in [0.1, 0.15) is 23.9 Å². The molecule has 3 heterocycles. The Morgan fingerprint density at radius 3 is 2.50 bits per heavy atom. The highest BCUT2D eigenvalue weighted by molar-refractivity contribution is 5.87. The largest absolute Gasteiger partial charge is 0.481 e. The molecule has 3 aliphatic heterocycles. The molecule has 258 valence electrons. The van der Waals surface area contributed by atoms with Crippen molar-refractivity contribution in [3.8, 4) is 0 Å². The molecule has 4 N–H and O–H groups in total. The highest BCUT2D eigenvalue weighted by atomic mass is 16.6. The molecule has 0 saturated carbocycles. The van der Waals surface area contributed by atoms with Gasteiger partial charge in [0.05, 0.1) is 37.4 Å². The van der Waals surface area contributed by atoms with Crippen LogP contribution in [0.1, 0.15) is 86.0 Å². The van der Waals surface area contributed by atoms with Crippen LogP contribution in [0, 0.1) is 5.92 Å². The number of hydrogen-bond acceptors (Lipinski definition) is 9. The molecule has 3 fully saturated rings. The average molecular weight is 649 g/mol. The van der Waals surface area contributed by atoms with E-state index < -0.39 is 42.0 Å². The number of aliphatic hydroxyl groups excluding tert-OH is 1. The van der Waals surface area contributed by atoms with Crippen molar-refractivity contribution in [2.45, 2.75) is 134 Å². The third kappa shape index (κ3) is 12.3. The number of carbonyl (C=O) groups excluding carboxylic acids is 3. The number of rotatable bonds is 16. The van der Waals surface area contributed by atoms with Crippen LogP contribution in [-0.4, -0.2) is 95.4 Å². The fraction of sp³-hybridized carbons (Fsp3) is 0.706. The molecule has 2 amide bonds. The number of epoxide rings is 1. The Hall–Kier alpha value is -3.06. The summed E-state index contributed by atoms with van der Waals surface area (Å²) in [6, 6.07) is -0.141. The van der Waals surface area contributed by atoms with Crippen molar-refractivity contribution in [1.82, 2.24) is 10.6 Å². The highest BCUT2D eigenvalue weighted by Gasteiger charge is 2.58. The lowest BCUT2D eigenvalue weighted by atomic mass is 9.87. The van der Waals surface area contributed by atoms with Crippen LogP contribution in [0.2, 0.25) is 0 Å². The minimum absolute atomic E-state index is 0.0225. The first-order chi connectivity index (χ1) is 21.8. The first-order valence-corrected chi connectivity index (χ1v) is 16.4. The van der Waals surface area contributed by atoms with Crippen LogP contribution < -0.4 is 10.6 Å². The molecule has 0 aromatic heterocycles. The Morgan fingerprint density at radius 1 is 1.09 bits per heavy atom. The van der Waals surface area contributed by atoms with Crippen molar-refractivity contribution in [2.75, 3.05) is 13.2 Å². The number of carboxylic acids is 1. The number of ether oxygens (including phenoxy) is 4. The van der Waals surface area contributed by atoms with Crippen LogP contribution in [0.15, 0.2) is 36.0 Å². The predicted octanol–water partition coefficient (Wildman–Crippen LogP) is 3.12. The maximum Gasteiger partial charge on any atom is 0.303 e. The zero-order valence-corrected chi connectivity index (χ0v) is 27.7. The van der Waals surface area contributed by atoms with Gasteiger partial charge >= 0.3 is 11.9 Å². The lowest BCUT2D eigenvalue weighted by molar-refractivity contribution is -0.145. The van der Waals surface area contributed by atoms with Gasteiger partial charge in [0, 0.05) is 32.4 Å². The summed E-state index contributed by atoms with van der Waals surface area (Å²) in [5.41, 5.74) is 0.298. The van der Waals surface area contributed by atoms with Crippen LogP contribution in [0.5, 0.6) is 0 Å². The first-order valence-electron chi connectivity index (χ1n) is 16.4. The van der Waals surface area contributed by atoms with E-state index in [4.69, 9.17) is 24.1 Å². The minimum atomic E-state index is -0.834. The predicted molar refractivity (Wildman–Crippen MR) is 170 cm³/mol. The molecule has 0 aromatic carbocycles. The van der Waals surface area contributed by atoms with E-state index >= 15 is 0 Å². The van der Waals surface area contributed by atoms with E-state index in [2.05, 4.69) is 23.6 Å². The summed E-state index contributed by atoms with van der Waals surface area (Å²) < 4.78 is 23.1. The summed E-state index contributed by atoms with van der Waals surface area (Å²) in [6.45, 7) is 9.94. The normalized spacial score (nSPS) is 32.0. The van der Waals surface area contributed by atoms with Crippen molar-refractivity contribution >= 4 is 23.8 Å². The van der Waals surface area contributed by atoms with E-state index in [9.17, 15) is 24.3 Å². The number of aliphatic hydroxyl groups is 1. The second-order valence-electron chi connectivity index (χ2n) is 12.9. The Bertz CT molecular complexity index is 1150. The van der Waals surface area contributed by atoms with Gasteiger partial charge in [-0.05, 0) is 58.4 Å². The van der Waals surface area contributed by atoms with Gasteiger partial charge in [-0.15, -0.1) is 0 Å². The Balaban J connectivity index is 1.45. The van der Waals surface area contributed by atoms with Gasteiger partial charge in [0.2, 0.25) is 11.8 Å². The summed E-state index contributed by atoms with van der Waals surface area (Å²) in [5.74, 6) is -1.42. The molecule has 1 spiro atoms. The Morgan fingerprint density at radius 2 is 1.83 bits per heavy atom. The maximum absolute atomic E-state index is 12.5. The third-order valence-electron chi connectivity index (χ3n) is 8.73. The van der Waals surface area contributed by atoms with Crippen LogP contribution in [0.3, 0.4) is 0 Å². The molecule has 46 heavy (non-hydrogen) atoms. The van der Waals surface area contributed by atoms with Gasteiger partial charge in [-0.25, -0.2) is 0 Å². The molecule has 0 aromatic rings. The van der Waals surface area contributed by atoms with E-state index in [1.807, 2.05) is 26.0 Å². The second-order valence-corrected chi connectivity index (χ2v) is 12.9. The van der Waals surface area contributed by atoms with Crippen LogP contribution in [-0.2, 0) is 38.1 Å². The number of unbranched alkanes of at least 4 members (excludes halogenated alkanes) is 2. The minimum Gasteiger partial charge on any atom is -0.481 e. The Kier molecular flexibility index (Phi) is 14.4. The number of nitrogens with one attached hydrogen (secondary N) is 2. The maximum atomic E-state index is 12.5. The van der Waals surface area contributed by atoms with Gasteiger partial charge in [-0.1, -0.05) is 37.1 Å². The zero-order chi connectivity index (χ0) is 33.9. The molecule has 12 nitrogen and oxygen atoms in total. The molecule has 3 aliphatic rings. The van der Waals surface area contributed by atoms with Crippen molar-refractivity contribution in [3.05, 3.63) is 36.0 Å². The number of amides is 2. The summed E-state index contributed by atoms with van der Waals surface area (Å²) in [7, 11) is 0. The van der Waals surface area contributed by atoms with Gasteiger partial charge in [0.25, 0.3) is 0 Å². The van der Waals surface area contributed by atoms with E-state index in [1.165, 1.54) is 13.0 Å². The molecule has 3 saturated heterocycles. The van der Waals surface area contributed by atoms with E-state index in [1.54, 1.807) is 13.0 Å². The van der Waals surface area contributed by atoms with Crippen molar-refractivity contribution in [3.63, 3.8) is 0 Å². The quantitative estimate of drug-likeness (QED) is 0.0640. The molecular formula is C34H52N2O10. The van der Waals surface area contributed by atoms with Crippen LogP contribution in [0.25, 0.3) is 0 Å². The molecule has 3 rings (SSSR count). The number of hydrogen-bond donors (Lipinski definition) is 4. The van der Waals surface area contributed by atoms with Gasteiger partial charge in [-0.3, -0.25) is 19.2 Å². The summed E-state index contributed by atoms with van der Waals surface area (Å²) in [4.78, 5) is 46.6. The fourth-order valence-electron chi connectivity index (χ4n) is 5.97. The van der Waals surface area contributed by atoms with Crippen molar-refractivity contribution < 1.29 is 48.3 Å². The molecule has 1 unspecified atom stereocenters. The van der Waals surface area contributed by atoms with Crippen molar-refractivity contribution in [2.24, 2.45) is 5.92 Å². The number of allylic oxidation sites excluding steroid dienone is 2. The van der Waals surface area contributed by atoms with E-state index in [0.29, 0.717) is 38.8 Å². The molecule has 9 atom stereocenters. The topological polar surface area (TPSA) is 173 Å². The van der Waals surface area contributed by atoms with Crippen molar-refractivity contribution in [1.29, 1.82) is 0 Å². The standard InChI is InChI=1S/C34H52N2O10/c1-21(10-13-28-22(2)17-27(24(4)45-28)36-30(38)15-12-23(3)44-25(5)37)11-14-29-33(42)34(20-43-34)19-26(46-29)18-31(39)35-16-8-6-7-9-32(40)41/h10-12,14-15,22-24,26-29,33,42H,6-9,13,16-20H2,1-5H3,(H,35,39)(H,36,38)(H,40,41)/b14-11+,15-12-,21-10+/t22-,23-,24+,26+,27+,28-,29+,33+,34?/m0/s1. The molecular weight excluding hydrogens is 596 g/mol. The third-order valence-corrected chi connectivity index (χ3v) is 8.73. The molecule has 0 radical (unpaired) electrons. The van der Waals surface area contributed by atoms with E-state index in [-0.39, 0.29) is 48.8 Å². The number of carboxylic acid groups (broad SMARTS) is 1. The molecule has 12 heteroatoms. The van der Waals surface area contributed by atoms with Gasteiger partial charge in [-0.2, -0.15) is 0 Å². The summed E-state index contributed by atoms with van der Waals surface area (Å²) in [6.07, 6.45) is 10.4. The number of esters is 1. The van der Waals surface area contributed by atoms with Gasteiger partial charge in [0.15, 0.2) is 0 Å². The zero-order valence-electron chi connectivity index (χ0n) is 27.7. The smallest absolute Gasteiger partial charge is 0.303 e. The lowest BCUT2D eigenvalue weighted by Gasteiger charge is -2.39. The van der Waals surface area contributed by atoms with Gasteiger partial charge < -0.3 is 39.8 Å². The molecule has 0 aliphatic carbocycles. The SMILES string of the molecule is CC(=O)O[C@@H](C)/C=C\C(=O)N[C@@H]1C[C@H](C)[C@H](C/C=C(C)/C=C/[C@H]2O[C@H](CC(=O)NCCCCCC(=O)O)CC3(CO3)[C@@H]2O)O[C@@H]1C. The number of aliphatic carboxylic acids is 1. The Labute approximate surface area is 271 Å². The highest BCUT2D eigenvalue weighted by Crippen LogP contribution is 2.43. The number of carbonyl (C=O) groups is 4. The monoisotopic (exact) mass is 648 g/mol. The van der Waals surface area contributed by atoms with Crippen LogP contribution >= 0.6 is 0 Å². The average Bonchev–Trinajstić information content (AvgIpc) is 3.75. The fourth-order valence-corrected chi connectivity index (χ4v) is 5.97. The van der Waals surface area contributed by atoms with Crippen LogP contribution in [0.4, 0.5) is 0 Å². The lowest BCUT2D eigenvalue weighted by Crippen LogP contribution is -2.50. The molecule has 0 bridgehead atoms. The summed E-state index contributed by atoms with van der Waals surface area (Å²) in [5, 5.41) is 25.5. The van der Waals surface area contributed by atoms with E-state index in [0.717, 1.165) is 18.4 Å². The summed E-state index contributed by atoms with van der Waals surface area (Å²) >= 11 is 0. The first kappa shape index (κ1) is 37.4.